The fraction of sp³-hybridized carbons (Fsp3) is 0.320. The second-order valence-electron chi connectivity index (χ2n) is 7.36. The topological polar surface area (TPSA) is 94.2 Å². The summed E-state index contributed by atoms with van der Waals surface area (Å²) in [6, 6.07) is 12.3. The number of nitrogens with zero attached hydrogens (tertiary/aromatic N) is 1. The van der Waals surface area contributed by atoms with Crippen molar-refractivity contribution < 1.29 is 28.6 Å². The lowest BCUT2D eigenvalue weighted by Crippen LogP contribution is -2.36. The average molecular weight is 485 g/mol. The van der Waals surface area contributed by atoms with Crippen LogP contribution in [0.15, 0.2) is 47.4 Å². The van der Waals surface area contributed by atoms with Crippen molar-refractivity contribution in [3.8, 4) is 17.2 Å². The van der Waals surface area contributed by atoms with Gasteiger partial charge in [-0.15, -0.1) is 0 Å². The van der Waals surface area contributed by atoms with Crippen LogP contribution >= 0.6 is 11.8 Å². The predicted octanol–water partition coefficient (Wildman–Crippen LogP) is 4.95. The third-order valence-electron chi connectivity index (χ3n) is 4.88. The van der Waals surface area contributed by atoms with Crippen LogP contribution in [-0.2, 0) is 9.59 Å². The number of rotatable bonds is 11. The standard InChI is InChI=1S/C25H28N2O6S/c1-4-6-13-33-20-12-11-17(14-21(20)32-5-2)15-22-24(29)27(25(30)34-22)16-23(28)26-18-9-7-8-10-19(18)31-3/h7-12,14-15H,4-6,13,16H2,1-3H3,(H,26,28)/b22-15-. The minimum atomic E-state index is -0.522. The number of unbranched alkanes of at least 4 members (excludes halogenated alkanes) is 1. The van der Waals surface area contributed by atoms with Crippen molar-refractivity contribution in [1.29, 1.82) is 0 Å². The van der Waals surface area contributed by atoms with Gasteiger partial charge >= 0.3 is 0 Å². The van der Waals surface area contributed by atoms with Gasteiger partial charge in [-0.05, 0) is 61.0 Å². The first-order valence-electron chi connectivity index (χ1n) is 11.0. The van der Waals surface area contributed by atoms with Crippen LogP contribution in [0.2, 0.25) is 0 Å². The van der Waals surface area contributed by atoms with E-state index in [1.54, 1.807) is 48.5 Å². The van der Waals surface area contributed by atoms with E-state index in [1.165, 1.54) is 7.11 Å². The van der Waals surface area contributed by atoms with E-state index in [4.69, 9.17) is 14.2 Å². The van der Waals surface area contributed by atoms with Crippen LogP contribution in [0.25, 0.3) is 6.08 Å². The van der Waals surface area contributed by atoms with E-state index in [9.17, 15) is 14.4 Å². The van der Waals surface area contributed by atoms with Crippen LogP contribution in [0.1, 0.15) is 32.3 Å². The van der Waals surface area contributed by atoms with E-state index in [-0.39, 0.29) is 4.91 Å². The zero-order valence-corrected chi connectivity index (χ0v) is 20.3. The van der Waals surface area contributed by atoms with Crippen LogP contribution in [-0.4, -0.2) is 48.8 Å². The molecule has 0 radical (unpaired) electrons. The van der Waals surface area contributed by atoms with Crippen LogP contribution in [0.5, 0.6) is 17.2 Å². The molecule has 1 saturated heterocycles. The number of benzene rings is 2. The average Bonchev–Trinajstić information content (AvgIpc) is 3.08. The van der Waals surface area contributed by atoms with Gasteiger partial charge in [-0.2, -0.15) is 0 Å². The molecule has 3 rings (SSSR count). The van der Waals surface area contributed by atoms with Crippen molar-refractivity contribution in [1.82, 2.24) is 4.90 Å². The third kappa shape index (κ3) is 6.32. The number of para-hydroxylation sites is 2. The van der Waals surface area contributed by atoms with Gasteiger partial charge in [0.2, 0.25) is 5.91 Å². The van der Waals surface area contributed by atoms with Crippen LogP contribution in [0.4, 0.5) is 10.5 Å². The summed E-state index contributed by atoms with van der Waals surface area (Å²) in [5.41, 5.74) is 1.15. The predicted molar refractivity (Wildman–Crippen MR) is 132 cm³/mol. The second kappa shape index (κ2) is 12.1. The summed E-state index contributed by atoms with van der Waals surface area (Å²) in [6.07, 6.45) is 3.57. The van der Waals surface area contributed by atoms with Gasteiger partial charge in [0.15, 0.2) is 11.5 Å². The third-order valence-corrected chi connectivity index (χ3v) is 5.78. The van der Waals surface area contributed by atoms with E-state index in [1.807, 2.05) is 6.92 Å². The lowest BCUT2D eigenvalue weighted by atomic mass is 10.2. The van der Waals surface area contributed by atoms with Crippen molar-refractivity contribution in [2.24, 2.45) is 0 Å². The number of carbonyl (C=O) groups excluding carboxylic acids is 3. The molecule has 0 atom stereocenters. The number of hydrogen-bond acceptors (Lipinski definition) is 7. The van der Waals surface area contributed by atoms with Crippen molar-refractivity contribution in [3.63, 3.8) is 0 Å². The minimum Gasteiger partial charge on any atom is -0.495 e. The van der Waals surface area contributed by atoms with Gasteiger partial charge in [-0.25, -0.2) is 0 Å². The first-order chi connectivity index (χ1) is 16.5. The molecule has 1 heterocycles. The van der Waals surface area contributed by atoms with E-state index in [0.29, 0.717) is 41.7 Å². The lowest BCUT2D eigenvalue weighted by molar-refractivity contribution is -0.127. The smallest absolute Gasteiger partial charge is 0.294 e. The first kappa shape index (κ1) is 25.2. The fourth-order valence-electron chi connectivity index (χ4n) is 3.20. The van der Waals surface area contributed by atoms with E-state index < -0.39 is 23.6 Å². The zero-order chi connectivity index (χ0) is 24.5. The van der Waals surface area contributed by atoms with E-state index in [2.05, 4.69) is 12.2 Å². The Bertz CT molecular complexity index is 1080. The van der Waals surface area contributed by atoms with Gasteiger partial charge < -0.3 is 19.5 Å². The van der Waals surface area contributed by atoms with Crippen LogP contribution in [0.3, 0.4) is 0 Å². The molecule has 2 aromatic rings. The molecule has 0 aromatic heterocycles. The molecule has 0 aliphatic carbocycles. The quantitative estimate of drug-likeness (QED) is 0.356. The molecule has 9 heteroatoms. The summed E-state index contributed by atoms with van der Waals surface area (Å²) in [5.74, 6) is 0.667. The molecule has 0 spiro atoms. The van der Waals surface area contributed by atoms with Gasteiger partial charge in [0.1, 0.15) is 12.3 Å². The van der Waals surface area contributed by atoms with Gasteiger partial charge in [0, 0.05) is 0 Å². The Hall–Kier alpha value is -3.46. The number of methoxy groups -OCH3 is 1. The van der Waals surface area contributed by atoms with Gasteiger partial charge in [-0.3, -0.25) is 19.3 Å². The molecule has 1 N–H and O–H groups in total. The number of nitrogens with one attached hydrogen (secondary N) is 1. The number of ether oxygens (including phenoxy) is 3. The molecule has 8 nitrogen and oxygen atoms in total. The lowest BCUT2D eigenvalue weighted by Gasteiger charge is -2.14. The molecule has 0 saturated carbocycles. The summed E-state index contributed by atoms with van der Waals surface area (Å²) in [4.78, 5) is 38.9. The zero-order valence-electron chi connectivity index (χ0n) is 19.5. The van der Waals surface area contributed by atoms with Gasteiger partial charge in [0.25, 0.3) is 11.1 Å². The Balaban J connectivity index is 1.71. The molecule has 1 fully saturated rings. The monoisotopic (exact) mass is 484 g/mol. The number of hydrogen-bond donors (Lipinski definition) is 1. The second-order valence-corrected chi connectivity index (χ2v) is 8.35. The first-order valence-corrected chi connectivity index (χ1v) is 11.9. The molecular weight excluding hydrogens is 456 g/mol. The summed E-state index contributed by atoms with van der Waals surface area (Å²) >= 11 is 0.795. The molecule has 180 valence electrons. The summed E-state index contributed by atoms with van der Waals surface area (Å²) in [7, 11) is 1.49. The van der Waals surface area contributed by atoms with Crippen LogP contribution in [0, 0.1) is 0 Å². The maximum atomic E-state index is 12.8. The highest BCUT2D eigenvalue weighted by molar-refractivity contribution is 8.18. The molecule has 34 heavy (non-hydrogen) atoms. The number of carbonyl (C=O) groups is 3. The SMILES string of the molecule is CCCCOc1ccc(/C=C2\SC(=O)N(CC(=O)Nc3ccccc3OC)C2=O)cc1OCC. The number of amides is 3. The van der Waals surface area contributed by atoms with Crippen molar-refractivity contribution >= 4 is 40.6 Å². The highest BCUT2D eigenvalue weighted by atomic mass is 32.2. The Labute approximate surface area is 203 Å². The Morgan fingerprint density at radius 1 is 1.06 bits per heavy atom. The molecular formula is C25H28N2O6S. The largest absolute Gasteiger partial charge is 0.495 e. The molecule has 0 unspecified atom stereocenters. The maximum Gasteiger partial charge on any atom is 0.294 e. The van der Waals surface area contributed by atoms with E-state index >= 15 is 0 Å². The van der Waals surface area contributed by atoms with Crippen molar-refractivity contribution in [3.05, 3.63) is 52.9 Å². The fourth-order valence-corrected chi connectivity index (χ4v) is 4.04. The van der Waals surface area contributed by atoms with Crippen molar-refractivity contribution in [2.45, 2.75) is 26.7 Å². The molecule has 2 aromatic carbocycles. The normalized spacial score (nSPS) is 14.4. The number of anilines is 1. The van der Waals surface area contributed by atoms with E-state index in [0.717, 1.165) is 29.5 Å². The molecule has 3 amide bonds. The molecule has 1 aliphatic heterocycles. The summed E-state index contributed by atoms with van der Waals surface area (Å²) in [5, 5.41) is 2.17. The number of thioether (sulfide) groups is 1. The summed E-state index contributed by atoms with van der Waals surface area (Å²) in [6.45, 7) is 4.63. The van der Waals surface area contributed by atoms with Crippen LogP contribution < -0.4 is 19.5 Å². The van der Waals surface area contributed by atoms with Crippen molar-refractivity contribution in [2.75, 3.05) is 32.2 Å². The van der Waals surface area contributed by atoms with Gasteiger partial charge in [-0.1, -0.05) is 31.5 Å². The Kier molecular flexibility index (Phi) is 8.98. The Morgan fingerprint density at radius 2 is 1.85 bits per heavy atom. The summed E-state index contributed by atoms with van der Waals surface area (Å²) < 4.78 is 16.7. The Morgan fingerprint density at radius 3 is 2.59 bits per heavy atom. The minimum absolute atomic E-state index is 0.234. The highest BCUT2D eigenvalue weighted by Gasteiger charge is 2.36. The highest BCUT2D eigenvalue weighted by Crippen LogP contribution is 2.35. The molecule has 1 aliphatic rings. The van der Waals surface area contributed by atoms with Gasteiger partial charge in [0.05, 0.1) is 30.9 Å². The molecule has 0 bridgehead atoms. The number of imide groups is 1. The maximum absolute atomic E-state index is 12.8.